The summed E-state index contributed by atoms with van der Waals surface area (Å²) in [5.41, 5.74) is 2.96. The van der Waals surface area contributed by atoms with Crippen molar-refractivity contribution in [3.05, 3.63) is 58.5 Å². The lowest BCUT2D eigenvalue weighted by Gasteiger charge is -2.02. The summed E-state index contributed by atoms with van der Waals surface area (Å²) in [6.07, 6.45) is 5.59. The van der Waals surface area contributed by atoms with Gasteiger partial charge in [-0.1, -0.05) is 32.1 Å². The Morgan fingerprint density at radius 3 is 2.66 bits per heavy atom. The molecule has 2 aromatic heterocycles. The monoisotopic (exact) mass is 394 g/mol. The van der Waals surface area contributed by atoms with Crippen molar-refractivity contribution in [3.63, 3.8) is 0 Å². The molecule has 0 saturated heterocycles. The first-order valence-corrected chi connectivity index (χ1v) is 9.78. The van der Waals surface area contributed by atoms with E-state index in [0.29, 0.717) is 23.8 Å². The molecule has 0 N–H and O–H groups in total. The summed E-state index contributed by atoms with van der Waals surface area (Å²) in [7, 11) is 3.30. The van der Waals surface area contributed by atoms with Crippen molar-refractivity contribution in [1.29, 1.82) is 0 Å². The minimum absolute atomic E-state index is 0.162. The second kappa shape index (κ2) is 9.43. The number of fused-ring (bicyclic) bond motifs is 2. The van der Waals surface area contributed by atoms with Crippen LogP contribution in [0, 0.1) is 11.8 Å². The van der Waals surface area contributed by atoms with Gasteiger partial charge in [0, 0.05) is 32.4 Å². The number of aryl methyl sites for hydroxylation is 1. The highest BCUT2D eigenvalue weighted by atomic mass is 16.5. The minimum atomic E-state index is -0.162. The maximum absolute atomic E-state index is 11.2. The van der Waals surface area contributed by atoms with Crippen molar-refractivity contribution in [2.24, 2.45) is 23.9 Å². The molecule has 1 aromatic carbocycles. The number of benzene rings is 1. The van der Waals surface area contributed by atoms with Crippen LogP contribution < -0.4 is 5.56 Å². The van der Waals surface area contributed by atoms with Crippen LogP contribution in [0.5, 0.6) is 0 Å². The number of rotatable bonds is 3. The molecule has 0 radical (unpaired) electrons. The van der Waals surface area contributed by atoms with Gasteiger partial charge < -0.3 is 9.15 Å². The van der Waals surface area contributed by atoms with Crippen LogP contribution in [0.15, 0.2) is 62.4 Å². The maximum atomic E-state index is 11.2. The summed E-state index contributed by atoms with van der Waals surface area (Å²) >= 11 is 0. The van der Waals surface area contributed by atoms with E-state index in [1.165, 1.54) is 17.2 Å². The predicted molar refractivity (Wildman–Crippen MR) is 114 cm³/mol. The van der Waals surface area contributed by atoms with Crippen molar-refractivity contribution in [3.8, 4) is 11.6 Å². The smallest absolute Gasteiger partial charge is 0.266 e. The average molecular weight is 394 g/mol. The van der Waals surface area contributed by atoms with E-state index in [9.17, 15) is 4.79 Å². The quantitative estimate of drug-likeness (QED) is 0.674. The molecule has 0 spiro atoms. The van der Waals surface area contributed by atoms with E-state index in [0.717, 1.165) is 23.0 Å². The van der Waals surface area contributed by atoms with Crippen molar-refractivity contribution in [1.82, 2.24) is 14.8 Å². The lowest BCUT2D eigenvalue weighted by molar-refractivity contribution is 0.224. The fourth-order valence-corrected chi connectivity index (χ4v) is 2.91. The van der Waals surface area contributed by atoms with Crippen LogP contribution in [0.1, 0.15) is 20.3 Å². The van der Waals surface area contributed by atoms with Crippen LogP contribution in [0.2, 0.25) is 0 Å². The van der Waals surface area contributed by atoms with Gasteiger partial charge in [0.2, 0.25) is 5.89 Å². The van der Waals surface area contributed by atoms with E-state index in [-0.39, 0.29) is 5.56 Å². The number of aliphatic imine (C=N–C) groups is 1. The summed E-state index contributed by atoms with van der Waals surface area (Å²) < 4.78 is 11.8. The fraction of sp³-hybridized carbons (Fsp3) is 0.364. The molecular weight excluding hydrogens is 368 g/mol. The molecule has 29 heavy (non-hydrogen) atoms. The molecule has 2 aliphatic rings. The van der Waals surface area contributed by atoms with Crippen molar-refractivity contribution < 1.29 is 9.15 Å². The molecule has 1 fully saturated rings. The Morgan fingerprint density at radius 1 is 1.17 bits per heavy atom. The largest absolute Gasteiger partial charge is 0.435 e. The minimum Gasteiger partial charge on any atom is -0.435 e. The predicted octanol–water partition coefficient (Wildman–Crippen LogP) is 3.85. The summed E-state index contributed by atoms with van der Waals surface area (Å²) in [6, 6.07) is 10.5. The van der Waals surface area contributed by atoms with Crippen molar-refractivity contribution in [2.45, 2.75) is 20.3 Å². The molecule has 7 nitrogen and oxygen atoms in total. The summed E-state index contributed by atoms with van der Waals surface area (Å²) in [6.45, 7) is 4.67. The second-order valence-corrected chi connectivity index (χ2v) is 6.60. The number of aromatic nitrogens is 3. The Morgan fingerprint density at radius 2 is 1.97 bits per heavy atom. The molecule has 1 aliphatic heterocycles. The Balaban J connectivity index is 0.000000170. The third-order valence-electron chi connectivity index (χ3n) is 4.50. The van der Waals surface area contributed by atoms with Crippen molar-refractivity contribution >= 4 is 17.3 Å². The molecule has 2 atom stereocenters. The van der Waals surface area contributed by atoms with Gasteiger partial charge >= 0.3 is 0 Å². The van der Waals surface area contributed by atoms with Gasteiger partial charge in [0.25, 0.3) is 5.56 Å². The number of allylic oxidation sites excluding steroid dienone is 1. The molecule has 5 rings (SSSR count). The molecule has 3 heterocycles. The Hall–Kier alpha value is -3.06. The van der Waals surface area contributed by atoms with E-state index < -0.39 is 0 Å². The standard InChI is InChI=1S/C12H9N3O2.C8H11NO.C2H6/c1-15-11(16)7-6-9(14-15)12-13-8-4-2-3-5-10(8)17-12;1-10-5-8-3-6-2-7(6)4-9-8;1-2/h2-7H,1H3;3-4,6-7H,2,5H2,1H3;1-2H3. The molecule has 0 amide bonds. The molecule has 2 unspecified atom stereocenters. The zero-order valence-corrected chi connectivity index (χ0v) is 17.2. The van der Waals surface area contributed by atoms with Gasteiger partial charge in [-0.05, 0) is 30.5 Å². The summed E-state index contributed by atoms with van der Waals surface area (Å²) in [4.78, 5) is 19.8. The number of methoxy groups -OCH3 is 1. The Bertz CT molecular complexity index is 1050. The van der Waals surface area contributed by atoms with E-state index in [4.69, 9.17) is 9.15 Å². The number of hydrogen-bond acceptors (Lipinski definition) is 6. The van der Waals surface area contributed by atoms with Crippen LogP contribution in [-0.4, -0.2) is 34.7 Å². The SMILES string of the molecule is CC.COCC1=CC2CC2C=N1.Cn1nc(-c2nc3ccccc3o2)ccc1=O. The molecule has 1 aliphatic carbocycles. The van der Waals surface area contributed by atoms with Crippen LogP contribution >= 0.6 is 0 Å². The van der Waals surface area contributed by atoms with Crippen LogP contribution in [0.4, 0.5) is 0 Å². The maximum Gasteiger partial charge on any atom is 0.266 e. The van der Waals surface area contributed by atoms with Gasteiger partial charge in [0.05, 0.1) is 12.3 Å². The lowest BCUT2D eigenvalue weighted by atomic mass is 10.2. The highest BCUT2D eigenvalue weighted by Crippen LogP contribution is 2.41. The number of para-hydroxylation sites is 2. The molecule has 152 valence electrons. The van der Waals surface area contributed by atoms with E-state index >= 15 is 0 Å². The van der Waals surface area contributed by atoms with E-state index in [1.807, 2.05) is 38.1 Å². The van der Waals surface area contributed by atoms with Gasteiger partial charge in [-0.25, -0.2) is 9.67 Å². The number of hydrogen-bond donors (Lipinski definition) is 0. The number of oxazole rings is 1. The van der Waals surface area contributed by atoms with Gasteiger partial charge in [-0.3, -0.25) is 9.79 Å². The van der Waals surface area contributed by atoms with E-state index in [1.54, 1.807) is 20.2 Å². The van der Waals surface area contributed by atoms with Gasteiger partial charge in [0.1, 0.15) is 11.2 Å². The van der Waals surface area contributed by atoms with Crippen molar-refractivity contribution in [2.75, 3.05) is 13.7 Å². The third-order valence-corrected chi connectivity index (χ3v) is 4.50. The molecule has 0 bridgehead atoms. The van der Waals surface area contributed by atoms with Crippen LogP contribution in [-0.2, 0) is 11.8 Å². The first-order chi connectivity index (χ1) is 14.1. The molecule has 3 aromatic rings. The fourth-order valence-electron chi connectivity index (χ4n) is 2.91. The zero-order valence-electron chi connectivity index (χ0n) is 17.2. The molecular formula is C22H26N4O3. The summed E-state index contributed by atoms with van der Waals surface area (Å²) in [5.74, 6) is 1.98. The average Bonchev–Trinajstić information content (AvgIpc) is 3.39. The van der Waals surface area contributed by atoms with Gasteiger partial charge in [-0.2, -0.15) is 5.10 Å². The normalized spacial score (nSPS) is 18.7. The topological polar surface area (TPSA) is 82.5 Å². The highest BCUT2D eigenvalue weighted by Gasteiger charge is 2.35. The zero-order chi connectivity index (χ0) is 20.8. The third kappa shape index (κ3) is 5.06. The molecule has 7 heteroatoms. The summed E-state index contributed by atoms with van der Waals surface area (Å²) in [5, 5.41) is 4.09. The number of ether oxygens (including phenoxy) is 1. The van der Waals surface area contributed by atoms with E-state index in [2.05, 4.69) is 27.4 Å². The van der Waals surface area contributed by atoms with Crippen LogP contribution in [0.25, 0.3) is 22.7 Å². The first-order valence-electron chi connectivity index (χ1n) is 9.78. The van der Waals surface area contributed by atoms with Crippen LogP contribution in [0.3, 0.4) is 0 Å². The second-order valence-electron chi connectivity index (χ2n) is 6.60. The Labute approximate surface area is 169 Å². The highest BCUT2D eigenvalue weighted by molar-refractivity contribution is 5.75. The Kier molecular flexibility index (Phi) is 6.72. The first kappa shape index (κ1) is 20.7. The van der Waals surface area contributed by atoms with Gasteiger partial charge in [0.15, 0.2) is 5.58 Å². The van der Waals surface area contributed by atoms with Gasteiger partial charge in [-0.15, -0.1) is 0 Å². The molecule has 1 saturated carbocycles. The lowest BCUT2D eigenvalue weighted by Crippen LogP contribution is -2.18. The number of nitrogens with zero attached hydrogens (tertiary/aromatic N) is 4.